The maximum atomic E-state index is 14.0. The lowest BCUT2D eigenvalue weighted by Crippen LogP contribution is -2.26. The first-order chi connectivity index (χ1) is 11.6. The summed E-state index contributed by atoms with van der Waals surface area (Å²) in [7, 11) is 2.01. The third kappa shape index (κ3) is 7.04. The Morgan fingerprint density at radius 1 is 1.40 bits per heavy atom. The van der Waals surface area contributed by atoms with Crippen molar-refractivity contribution < 1.29 is 4.39 Å². The minimum absolute atomic E-state index is 0.0605. The van der Waals surface area contributed by atoms with Crippen molar-refractivity contribution in [1.29, 1.82) is 5.41 Å². The number of amidine groups is 1. The lowest BCUT2D eigenvalue weighted by molar-refractivity contribution is 0.338. The molecule has 0 aliphatic carbocycles. The van der Waals surface area contributed by atoms with E-state index in [1.165, 1.54) is 12.3 Å². The quantitative estimate of drug-likeness (QED) is 0.390. The van der Waals surface area contributed by atoms with Crippen molar-refractivity contribution >= 4 is 32.1 Å². The highest BCUT2D eigenvalue weighted by Crippen LogP contribution is 2.30. The molecule has 0 saturated carbocycles. The van der Waals surface area contributed by atoms with Gasteiger partial charge in [0, 0.05) is 12.3 Å². The molecule has 138 valence electrons. The van der Waals surface area contributed by atoms with Gasteiger partial charge in [0.25, 0.3) is 0 Å². The molecule has 1 aliphatic rings. The van der Waals surface area contributed by atoms with Crippen LogP contribution in [0.5, 0.6) is 0 Å². The first-order valence-corrected chi connectivity index (χ1v) is 8.92. The number of hydrogen-bond donors (Lipinski definition) is 2. The Morgan fingerprint density at radius 3 is 2.60 bits per heavy atom. The molecular formula is C18H27BrFN5. The molecule has 2 atom stereocenters. The fourth-order valence-corrected chi connectivity index (χ4v) is 3.30. The maximum Gasteiger partial charge on any atom is 0.156 e. The highest BCUT2D eigenvalue weighted by Gasteiger charge is 2.31. The number of nitrogens with zero attached hydrogens (tertiary/aromatic N) is 3. The Morgan fingerprint density at radius 2 is 2.04 bits per heavy atom. The van der Waals surface area contributed by atoms with Crippen LogP contribution in [0.3, 0.4) is 0 Å². The van der Waals surface area contributed by atoms with E-state index < -0.39 is 5.83 Å². The SMILES string of the molecule is C=C(\N=C(Br)/C(F)=C\C(C)=C\N)C1CC(C/C(C)=N/C(C)=N)CN1C. The summed E-state index contributed by atoms with van der Waals surface area (Å²) in [4.78, 5) is 10.6. The zero-order valence-electron chi connectivity index (χ0n) is 15.3. The van der Waals surface area contributed by atoms with Crippen LogP contribution in [0.4, 0.5) is 4.39 Å². The standard InChI is InChI=1S/C18H27BrFN5/c1-11(9-21)6-16(20)18(19)24-13(3)17-8-15(10-25(17)5)7-12(2)23-14(4)22/h6,9,15,17,22H,3,7-8,10,21H2,1-2,4-5H3/b11-9+,16-6+,22-14?,23-12+,24-18+. The van der Waals surface area contributed by atoms with Crippen LogP contribution in [0.15, 0.2) is 45.9 Å². The Labute approximate surface area is 157 Å². The number of nitrogens with one attached hydrogen (secondary N) is 1. The van der Waals surface area contributed by atoms with Crippen LogP contribution >= 0.6 is 15.9 Å². The first-order valence-electron chi connectivity index (χ1n) is 8.12. The minimum atomic E-state index is -0.484. The Balaban J connectivity index is 2.78. The van der Waals surface area contributed by atoms with Crippen LogP contribution in [0.25, 0.3) is 0 Å². The van der Waals surface area contributed by atoms with Gasteiger partial charge in [0.05, 0.1) is 11.7 Å². The van der Waals surface area contributed by atoms with Crippen LogP contribution < -0.4 is 5.73 Å². The number of allylic oxidation sites excluding steroid dienone is 3. The van der Waals surface area contributed by atoms with E-state index in [1.54, 1.807) is 13.8 Å². The molecule has 2 unspecified atom stereocenters. The average molecular weight is 412 g/mol. The molecule has 0 aromatic carbocycles. The second-order valence-electron chi connectivity index (χ2n) is 6.49. The van der Waals surface area contributed by atoms with Crippen LogP contribution in [0.1, 0.15) is 33.6 Å². The fraction of sp³-hybridized carbons (Fsp3) is 0.500. The molecule has 0 radical (unpaired) electrons. The molecule has 0 aromatic heterocycles. The molecule has 5 nitrogen and oxygen atoms in total. The Hall–Kier alpha value is -1.60. The summed E-state index contributed by atoms with van der Waals surface area (Å²) in [6.07, 6.45) is 4.38. The van der Waals surface area contributed by atoms with Crippen LogP contribution in [-0.4, -0.2) is 40.7 Å². The second kappa shape index (κ2) is 9.77. The molecule has 1 saturated heterocycles. The van der Waals surface area contributed by atoms with Gasteiger partial charge in [-0.25, -0.2) is 14.4 Å². The van der Waals surface area contributed by atoms with Crippen LogP contribution in [0.2, 0.25) is 0 Å². The summed E-state index contributed by atoms with van der Waals surface area (Å²) >= 11 is 3.17. The predicted octanol–water partition coefficient (Wildman–Crippen LogP) is 4.18. The number of hydrogen-bond acceptors (Lipinski definition) is 4. The molecule has 0 amide bonds. The molecule has 25 heavy (non-hydrogen) atoms. The van der Waals surface area contributed by atoms with Gasteiger partial charge >= 0.3 is 0 Å². The molecule has 1 rings (SSSR count). The summed E-state index contributed by atoms with van der Waals surface area (Å²) in [5.74, 6) is 0.260. The van der Waals surface area contributed by atoms with Crippen LogP contribution in [-0.2, 0) is 0 Å². The number of rotatable bonds is 6. The van der Waals surface area contributed by atoms with Crippen molar-refractivity contribution in [2.24, 2.45) is 21.6 Å². The zero-order chi connectivity index (χ0) is 19.1. The highest BCUT2D eigenvalue weighted by atomic mass is 79.9. The molecule has 0 spiro atoms. The van der Waals surface area contributed by atoms with Crippen molar-refractivity contribution in [2.75, 3.05) is 13.6 Å². The van der Waals surface area contributed by atoms with Gasteiger partial charge < -0.3 is 5.73 Å². The minimum Gasteiger partial charge on any atom is -0.404 e. The summed E-state index contributed by atoms with van der Waals surface area (Å²) in [6, 6.07) is 0.0605. The van der Waals surface area contributed by atoms with E-state index in [0.717, 1.165) is 25.1 Å². The zero-order valence-corrected chi connectivity index (χ0v) is 16.9. The van der Waals surface area contributed by atoms with E-state index in [0.29, 0.717) is 23.0 Å². The largest absolute Gasteiger partial charge is 0.404 e. The molecule has 1 fully saturated rings. The summed E-state index contributed by atoms with van der Waals surface area (Å²) in [5, 5.41) is 7.44. The van der Waals surface area contributed by atoms with Gasteiger partial charge in [-0.15, -0.1) is 0 Å². The van der Waals surface area contributed by atoms with Gasteiger partial charge in [-0.1, -0.05) is 6.58 Å². The third-order valence-corrected chi connectivity index (χ3v) is 4.57. The fourth-order valence-electron chi connectivity index (χ4n) is 2.95. The van der Waals surface area contributed by atoms with E-state index in [9.17, 15) is 4.39 Å². The molecular weight excluding hydrogens is 385 g/mol. The van der Waals surface area contributed by atoms with Crippen molar-refractivity contribution in [3.8, 4) is 0 Å². The Bertz CT molecular complexity index is 648. The number of aliphatic imine (C=N–C) groups is 2. The van der Waals surface area contributed by atoms with Gasteiger partial charge in [-0.2, -0.15) is 0 Å². The molecule has 0 aromatic rings. The van der Waals surface area contributed by atoms with Gasteiger partial charge in [0.1, 0.15) is 10.5 Å². The molecule has 0 bridgehead atoms. The van der Waals surface area contributed by atoms with E-state index in [2.05, 4.69) is 37.4 Å². The first kappa shape index (κ1) is 21.4. The lowest BCUT2D eigenvalue weighted by atomic mass is 9.98. The monoisotopic (exact) mass is 411 g/mol. The third-order valence-electron chi connectivity index (χ3n) is 4.02. The molecule has 3 N–H and O–H groups in total. The van der Waals surface area contributed by atoms with Crippen molar-refractivity contribution in [1.82, 2.24) is 4.90 Å². The van der Waals surface area contributed by atoms with E-state index >= 15 is 0 Å². The van der Waals surface area contributed by atoms with Gasteiger partial charge in [0.15, 0.2) is 5.83 Å². The van der Waals surface area contributed by atoms with Crippen molar-refractivity contribution in [2.45, 2.75) is 39.7 Å². The second-order valence-corrected chi connectivity index (χ2v) is 7.24. The normalized spacial score (nSPS) is 23.9. The van der Waals surface area contributed by atoms with E-state index in [4.69, 9.17) is 11.1 Å². The van der Waals surface area contributed by atoms with Gasteiger partial charge in [0.2, 0.25) is 0 Å². The van der Waals surface area contributed by atoms with Crippen molar-refractivity contribution in [3.63, 3.8) is 0 Å². The van der Waals surface area contributed by atoms with Crippen LogP contribution in [0, 0.1) is 11.3 Å². The summed E-state index contributed by atoms with van der Waals surface area (Å²) < 4.78 is 14.2. The lowest BCUT2D eigenvalue weighted by Gasteiger charge is -2.18. The number of nitrogens with two attached hydrogens (primary N) is 1. The summed E-state index contributed by atoms with van der Waals surface area (Å²) in [6.45, 7) is 10.2. The van der Waals surface area contributed by atoms with E-state index in [-0.39, 0.29) is 10.7 Å². The highest BCUT2D eigenvalue weighted by molar-refractivity contribution is 9.18. The molecule has 7 heteroatoms. The summed E-state index contributed by atoms with van der Waals surface area (Å²) in [5.41, 5.74) is 7.54. The van der Waals surface area contributed by atoms with Gasteiger partial charge in [-0.3, -0.25) is 10.3 Å². The number of likely N-dealkylation sites (tertiary alicyclic amines) is 1. The topological polar surface area (TPSA) is 77.8 Å². The van der Waals surface area contributed by atoms with Gasteiger partial charge in [-0.05, 0) is 80.4 Å². The maximum absolute atomic E-state index is 14.0. The number of likely N-dealkylation sites (N-methyl/N-ethyl adjacent to an activating group) is 1. The van der Waals surface area contributed by atoms with Crippen molar-refractivity contribution in [3.05, 3.63) is 36.0 Å². The molecule has 1 heterocycles. The smallest absolute Gasteiger partial charge is 0.156 e. The molecule has 1 aliphatic heterocycles. The number of halogens is 2. The van der Waals surface area contributed by atoms with E-state index in [1.807, 2.05) is 14.0 Å². The Kier molecular flexibility index (Phi) is 8.38. The predicted molar refractivity (Wildman–Crippen MR) is 108 cm³/mol. The average Bonchev–Trinajstić information content (AvgIpc) is 2.86.